The molecule has 2 aromatic carbocycles. The molecule has 0 aliphatic heterocycles. The number of benzene rings is 2. The van der Waals surface area contributed by atoms with Gasteiger partial charge >= 0.3 is 0 Å². The SMILES string of the molecule is CC(C)(C)c1ccc(Cn2cc(Cc3ccc(O)c(O)c3)nn2)cc1. The molecule has 0 aliphatic carbocycles. The van der Waals surface area contributed by atoms with Gasteiger partial charge in [-0.2, -0.15) is 0 Å². The Kier molecular flexibility index (Phi) is 4.49. The third kappa shape index (κ3) is 4.18. The third-order valence-corrected chi connectivity index (χ3v) is 4.18. The molecule has 0 fully saturated rings. The second-order valence-electron chi connectivity index (χ2n) is 7.35. The molecule has 0 unspecified atom stereocenters. The van der Waals surface area contributed by atoms with E-state index in [9.17, 15) is 10.2 Å². The minimum absolute atomic E-state index is 0.119. The van der Waals surface area contributed by atoms with Crippen molar-refractivity contribution in [1.82, 2.24) is 15.0 Å². The monoisotopic (exact) mass is 337 g/mol. The van der Waals surface area contributed by atoms with Crippen molar-refractivity contribution in [2.24, 2.45) is 0 Å². The fourth-order valence-electron chi connectivity index (χ4n) is 2.68. The molecular formula is C20H23N3O2. The second-order valence-corrected chi connectivity index (χ2v) is 7.35. The quantitative estimate of drug-likeness (QED) is 0.713. The second kappa shape index (κ2) is 6.59. The number of phenols is 2. The molecule has 3 rings (SSSR count). The van der Waals surface area contributed by atoms with Crippen LogP contribution in [-0.2, 0) is 18.4 Å². The predicted octanol–water partition coefficient (Wildman–Crippen LogP) is 3.63. The average Bonchev–Trinajstić information content (AvgIpc) is 2.98. The number of rotatable bonds is 4. The zero-order valence-electron chi connectivity index (χ0n) is 14.8. The van der Waals surface area contributed by atoms with E-state index in [0.717, 1.165) is 11.3 Å². The van der Waals surface area contributed by atoms with Crippen molar-refractivity contribution >= 4 is 0 Å². The molecule has 3 aromatic rings. The minimum Gasteiger partial charge on any atom is -0.504 e. The van der Waals surface area contributed by atoms with Gasteiger partial charge in [0.05, 0.1) is 12.2 Å². The molecule has 5 nitrogen and oxygen atoms in total. The summed E-state index contributed by atoms with van der Waals surface area (Å²) in [5.74, 6) is -0.241. The number of aromatic nitrogens is 3. The van der Waals surface area contributed by atoms with Crippen molar-refractivity contribution in [3.8, 4) is 11.5 Å². The van der Waals surface area contributed by atoms with Crippen LogP contribution in [0.2, 0.25) is 0 Å². The molecule has 2 N–H and O–H groups in total. The first-order valence-electron chi connectivity index (χ1n) is 8.30. The van der Waals surface area contributed by atoms with E-state index < -0.39 is 0 Å². The first kappa shape index (κ1) is 17.0. The standard InChI is InChI=1S/C20H23N3O2/c1-20(2,3)16-7-4-14(5-8-16)12-23-13-17(21-22-23)10-15-6-9-18(24)19(25)11-15/h4-9,11,13,24-25H,10,12H2,1-3H3. The Labute approximate surface area is 147 Å². The Morgan fingerprint density at radius 3 is 2.24 bits per heavy atom. The van der Waals surface area contributed by atoms with Gasteiger partial charge in [-0.05, 0) is 34.2 Å². The summed E-state index contributed by atoms with van der Waals surface area (Å²) in [6, 6.07) is 13.4. The first-order valence-corrected chi connectivity index (χ1v) is 8.30. The maximum atomic E-state index is 9.57. The third-order valence-electron chi connectivity index (χ3n) is 4.18. The number of nitrogens with zero attached hydrogens (tertiary/aromatic N) is 3. The van der Waals surface area contributed by atoms with E-state index in [1.54, 1.807) is 12.1 Å². The molecule has 25 heavy (non-hydrogen) atoms. The van der Waals surface area contributed by atoms with Crippen LogP contribution in [-0.4, -0.2) is 25.2 Å². The molecule has 0 saturated carbocycles. The van der Waals surface area contributed by atoms with Crippen LogP contribution < -0.4 is 0 Å². The van der Waals surface area contributed by atoms with Crippen LogP contribution in [0.4, 0.5) is 0 Å². The van der Waals surface area contributed by atoms with E-state index >= 15 is 0 Å². The number of hydrogen-bond donors (Lipinski definition) is 2. The van der Waals surface area contributed by atoms with Crippen LogP contribution in [0.15, 0.2) is 48.7 Å². The first-order chi connectivity index (χ1) is 11.8. The molecule has 0 saturated heterocycles. The number of hydrogen-bond acceptors (Lipinski definition) is 4. The Morgan fingerprint density at radius 1 is 0.920 bits per heavy atom. The van der Waals surface area contributed by atoms with Crippen LogP contribution >= 0.6 is 0 Å². The highest BCUT2D eigenvalue weighted by molar-refractivity contribution is 5.41. The molecule has 0 amide bonds. The molecule has 130 valence electrons. The van der Waals surface area contributed by atoms with Crippen molar-refractivity contribution in [1.29, 1.82) is 0 Å². The van der Waals surface area contributed by atoms with Crippen molar-refractivity contribution in [3.63, 3.8) is 0 Å². The van der Waals surface area contributed by atoms with Crippen LogP contribution in [0.1, 0.15) is 43.2 Å². The topological polar surface area (TPSA) is 71.2 Å². The number of aromatic hydroxyl groups is 2. The van der Waals surface area contributed by atoms with Crippen LogP contribution in [0.5, 0.6) is 11.5 Å². The zero-order valence-corrected chi connectivity index (χ0v) is 14.8. The highest BCUT2D eigenvalue weighted by atomic mass is 16.3. The minimum atomic E-state index is -0.121. The van der Waals surface area contributed by atoms with Crippen LogP contribution in [0.3, 0.4) is 0 Å². The Bertz CT molecular complexity index is 861. The van der Waals surface area contributed by atoms with E-state index in [0.29, 0.717) is 13.0 Å². The Balaban J connectivity index is 1.68. The number of phenolic OH excluding ortho intramolecular Hbond substituents is 2. The summed E-state index contributed by atoms with van der Waals surface area (Å²) in [5, 5.41) is 27.3. The smallest absolute Gasteiger partial charge is 0.157 e. The molecule has 1 aromatic heterocycles. The fraction of sp³-hybridized carbons (Fsp3) is 0.300. The summed E-state index contributed by atoms with van der Waals surface area (Å²) in [6.45, 7) is 7.27. The maximum absolute atomic E-state index is 9.57. The Morgan fingerprint density at radius 2 is 1.60 bits per heavy atom. The predicted molar refractivity (Wildman–Crippen MR) is 96.8 cm³/mol. The molecule has 0 bridgehead atoms. The molecular weight excluding hydrogens is 314 g/mol. The molecule has 0 atom stereocenters. The summed E-state index contributed by atoms with van der Waals surface area (Å²) in [7, 11) is 0. The highest BCUT2D eigenvalue weighted by Crippen LogP contribution is 2.26. The lowest BCUT2D eigenvalue weighted by Crippen LogP contribution is -2.11. The van der Waals surface area contributed by atoms with Gasteiger partial charge in [0.2, 0.25) is 0 Å². The molecule has 5 heteroatoms. The average molecular weight is 337 g/mol. The summed E-state index contributed by atoms with van der Waals surface area (Å²) in [5.41, 5.74) is 4.32. The molecule has 0 aliphatic rings. The zero-order chi connectivity index (χ0) is 18.0. The van der Waals surface area contributed by atoms with Gasteiger partial charge < -0.3 is 10.2 Å². The lowest BCUT2D eigenvalue weighted by atomic mass is 9.87. The van der Waals surface area contributed by atoms with E-state index in [1.807, 2.05) is 10.9 Å². The summed E-state index contributed by atoms with van der Waals surface area (Å²) in [4.78, 5) is 0. The van der Waals surface area contributed by atoms with Crippen molar-refractivity contribution in [3.05, 3.63) is 71.0 Å². The normalized spacial score (nSPS) is 11.6. The van der Waals surface area contributed by atoms with Gasteiger partial charge in [0.1, 0.15) is 0 Å². The van der Waals surface area contributed by atoms with Gasteiger partial charge in [-0.3, -0.25) is 0 Å². The van der Waals surface area contributed by atoms with Crippen LogP contribution in [0, 0.1) is 0 Å². The van der Waals surface area contributed by atoms with Crippen molar-refractivity contribution in [2.45, 2.75) is 39.2 Å². The lowest BCUT2D eigenvalue weighted by molar-refractivity contribution is 0.403. The van der Waals surface area contributed by atoms with E-state index in [2.05, 4.69) is 55.3 Å². The summed E-state index contributed by atoms with van der Waals surface area (Å²) in [6.07, 6.45) is 2.46. The van der Waals surface area contributed by atoms with Gasteiger partial charge in [-0.15, -0.1) is 5.10 Å². The molecule has 0 spiro atoms. The Hall–Kier alpha value is -2.82. The summed E-state index contributed by atoms with van der Waals surface area (Å²) < 4.78 is 1.81. The van der Waals surface area contributed by atoms with Crippen molar-refractivity contribution < 1.29 is 10.2 Å². The van der Waals surface area contributed by atoms with Gasteiger partial charge in [-0.25, -0.2) is 4.68 Å². The lowest BCUT2D eigenvalue weighted by Gasteiger charge is -2.19. The van der Waals surface area contributed by atoms with Gasteiger partial charge in [-0.1, -0.05) is 56.3 Å². The van der Waals surface area contributed by atoms with Gasteiger partial charge in [0, 0.05) is 12.6 Å². The van der Waals surface area contributed by atoms with Crippen LogP contribution in [0.25, 0.3) is 0 Å². The fourth-order valence-corrected chi connectivity index (χ4v) is 2.68. The van der Waals surface area contributed by atoms with Gasteiger partial charge in [0.15, 0.2) is 11.5 Å². The molecule has 1 heterocycles. The van der Waals surface area contributed by atoms with Gasteiger partial charge in [0.25, 0.3) is 0 Å². The van der Waals surface area contributed by atoms with E-state index in [4.69, 9.17) is 0 Å². The van der Waals surface area contributed by atoms with E-state index in [1.165, 1.54) is 17.2 Å². The van der Waals surface area contributed by atoms with E-state index in [-0.39, 0.29) is 16.9 Å². The van der Waals surface area contributed by atoms with Crippen molar-refractivity contribution in [2.75, 3.05) is 0 Å². The maximum Gasteiger partial charge on any atom is 0.157 e. The largest absolute Gasteiger partial charge is 0.504 e. The summed E-state index contributed by atoms with van der Waals surface area (Å²) >= 11 is 0. The highest BCUT2D eigenvalue weighted by Gasteiger charge is 2.13. The molecule has 0 radical (unpaired) electrons.